The lowest BCUT2D eigenvalue weighted by atomic mass is 10.2. The number of anilines is 1. The van der Waals surface area contributed by atoms with Crippen molar-refractivity contribution in [3.05, 3.63) is 36.5 Å². The monoisotopic (exact) mass is 257 g/mol. The Morgan fingerprint density at radius 3 is 3.11 bits per heavy atom. The molecular formula is C14H15N3S. The van der Waals surface area contributed by atoms with Crippen molar-refractivity contribution in [1.82, 2.24) is 4.98 Å². The largest absolute Gasteiger partial charge is 0.334 e. The van der Waals surface area contributed by atoms with Crippen molar-refractivity contribution in [3.63, 3.8) is 0 Å². The Bertz CT molecular complexity index is 594. The zero-order valence-corrected chi connectivity index (χ0v) is 11.1. The van der Waals surface area contributed by atoms with E-state index in [2.05, 4.69) is 34.3 Å². The van der Waals surface area contributed by atoms with E-state index in [1.54, 1.807) is 11.8 Å². The summed E-state index contributed by atoms with van der Waals surface area (Å²) in [6.07, 6.45) is 3.02. The van der Waals surface area contributed by atoms with Gasteiger partial charge in [0.05, 0.1) is 23.4 Å². The molecule has 3 rings (SSSR count). The second-order valence-electron chi connectivity index (χ2n) is 4.46. The summed E-state index contributed by atoms with van der Waals surface area (Å²) in [4.78, 5) is 9.04. The molecule has 1 aliphatic heterocycles. The number of hydrogen-bond donors (Lipinski definition) is 1. The number of benzene rings is 1. The molecule has 1 aliphatic rings. The molecule has 0 saturated carbocycles. The highest BCUT2D eigenvalue weighted by Gasteiger charge is 2.11. The van der Waals surface area contributed by atoms with Gasteiger partial charge in [-0.15, -0.1) is 0 Å². The molecule has 1 unspecified atom stereocenters. The minimum Gasteiger partial charge on any atom is -0.334 e. The number of para-hydroxylation sites is 1. The molecule has 0 radical (unpaired) electrons. The van der Waals surface area contributed by atoms with Crippen LogP contribution < -0.4 is 5.32 Å². The highest BCUT2D eigenvalue weighted by Crippen LogP contribution is 2.21. The standard InChI is InChI=1S/C14H15N3S/c1-10-6-7-18-14(16-10)17-12-8-11-4-2-3-5-13(11)15-9-12/h2-5,8-10H,6-7H2,1H3,(H,16,17). The molecule has 0 bridgehead atoms. The maximum atomic E-state index is 4.60. The smallest absolute Gasteiger partial charge is 0.161 e. The van der Waals surface area contributed by atoms with Crippen molar-refractivity contribution in [3.8, 4) is 0 Å². The third kappa shape index (κ3) is 2.48. The Morgan fingerprint density at radius 1 is 1.33 bits per heavy atom. The molecule has 1 atom stereocenters. The van der Waals surface area contributed by atoms with Crippen molar-refractivity contribution in [2.75, 3.05) is 11.1 Å². The number of nitrogens with zero attached hydrogens (tertiary/aromatic N) is 2. The van der Waals surface area contributed by atoms with E-state index >= 15 is 0 Å². The van der Waals surface area contributed by atoms with Crippen LogP contribution in [0.2, 0.25) is 0 Å². The Labute approximate surface area is 111 Å². The van der Waals surface area contributed by atoms with E-state index in [0.29, 0.717) is 6.04 Å². The lowest BCUT2D eigenvalue weighted by Gasteiger charge is -2.17. The second kappa shape index (κ2) is 4.98. The van der Waals surface area contributed by atoms with Crippen molar-refractivity contribution in [2.45, 2.75) is 19.4 Å². The summed E-state index contributed by atoms with van der Waals surface area (Å²) in [5.41, 5.74) is 2.03. The van der Waals surface area contributed by atoms with Gasteiger partial charge in [-0.1, -0.05) is 30.0 Å². The summed E-state index contributed by atoms with van der Waals surface area (Å²) in [6, 6.07) is 10.7. The number of aliphatic imine (C=N–C) groups is 1. The van der Waals surface area contributed by atoms with Crippen LogP contribution in [-0.2, 0) is 0 Å². The number of pyridine rings is 1. The molecule has 1 N–H and O–H groups in total. The van der Waals surface area contributed by atoms with E-state index in [4.69, 9.17) is 0 Å². The quantitative estimate of drug-likeness (QED) is 0.849. The fraction of sp³-hybridized carbons (Fsp3) is 0.286. The predicted octanol–water partition coefficient (Wildman–Crippen LogP) is 3.53. The molecule has 92 valence electrons. The number of hydrogen-bond acceptors (Lipinski definition) is 4. The van der Waals surface area contributed by atoms with Crippen molar-refractivity contribution < 1.29 is 0 Å². The van der Waals surface area contributed by atoms with Gasteiger partial charge in [-0.25, -0.2) is 0 Å². The van der Waals surface area contributed by atoms with Crippen molar-refractivity contribution in [1.29, 1.82) is 0 Å². The first-order valence-electron chi connectivity index (χ1n) is 6.14. The van der Waals surface area contributed by atoms with Gasteiger partial charge in [0.1, 0.15) is 0 Å². The molecule has 0 aliphatic carbocycles. The van der Waals surface area contributed by atoms with Crippen LogP contribution in [0.5, 0.6) is 0 Å². The zero-order chi connectivity index (χ0) is 12.4. The van der Waals surface area contributed by atoms with Crippen LogP contribution in [0.15, 0.2) is 41.5 Å². The highest BCUT2D eigenvalue weighted by molar-refractivity contribution is 8.14. The van der Waals surface area contributed by atoms with Gasteiger partial charge in [0.2, 0.25) is 0 Å². The lowest BCUT2D eigenvalue weighted by molar-refractivity contribution is 0.720. The molecule has 0 fully saturated rings. The summed E-state index contributed by atoms with van der Waals surface area (Å²) in [7, 11) is 0. The molecule has 1 aromatic heterocycles. The van der Waals surface area contributed by atoms with Crippen LogP contribution in [0.25, 0.3) is 10.9 Å². The first kappa shape index (κ1) is 11.5. The van der Waals surface area contributed by atoms with Crippen LogP contribution in [0.3, 0.4) is 0 Å². The normalized spacial score (nSPS) is 19.6. The van der Waals surface area contributed by atoms with Gasteiger partial charge in [-0.05, 0) is 25.5 Å². The molecular weight excluding hydrogens is 242 g/mol. The minimum atomic E-state index is 0.419. The van der Waals surface area contributed by atoms with Crippen LogP contribution in [0.4, 0.5) is 5.69 Å². The highest BCUT2D eigenvalue weighted by atomic mass is 32.2. The molecule has 0 spiro atoms. The fourth-order valence-corrected chi connectivity index (χ4v) is 3.06. The van der Waals surface area contributed by atoms with Crippen LogP contribution in [0, 0.1) is 0 Å². The summed E-state index contributed by atoms with van der Waals surface area (Å²) < 4.78 is 0. The van der Waals surface area contributed by atoms with Crippen LogP contribution in [-0.4, -0.2) is 21.9 Å². The number of thioether (sulfide) groups is 1. The first-order valence-corrected chi connectivity index (χ1v) is 7.12. The topological polar surface area (TPSA) is 37.3 Å². The SMILES string of the molecule is CC1CCSC(Nc2cnc3ccccc3c2)=N1. The fourth-order valence-electron chi connectivity index (χ4n) is 1.96. The number of aromatic nitrogens is 1. The number of fused-ring (bicyclic) bond motifs is 1. The van der Waals surface area contributed by atoms with E-state index in [1.807, 2.05) is 24.4 Å². The van der Waals surface area contributed by atoms with Gasteiger partial charge in [0.15, 0.2) is 5.17 Å². The number of nitrogens with one attached hydrogen (secondary N) is 1. The predicted molar refractivity (Wildman–Crippen MR) is 79.3 cm³/mol. The summed E-state index contributed by atoms with van der Waals surface area (Å²) >= 11 is 1.78. The molecule has 0 amide bonds. The van der Waals surface area contributed by atoms with E-state index < -0.39 is 0 Å². The van der Waals surface area contributed by atoms with Gasteiger partial charge >= 0.3 is 0 Å². The molecule has 4 heteroatoms. The van der Waals surface area contributed by atoms with Crippen molar-refractivity contribution in [2.24, 2.45) is 4.99 Å². The van der Waals surface area contributed by atoms with E-state index in [-0.39, 0.29) is 0 Å². The first-order chi connectivity index (χ1) is 8.81. The maximum absolute atomic E-state index is 4.60. The van der Waals surface area contributed by atoms with Gasteiger partial charge < -0.3 is 5.32 Å². The van der Waals surface area contributed by atoms with Gasteiger partial charge in [0, 0.05) is 11.1 Å². The Balaban J connectivity index is 1.86. The third-order valence-electron chi connectivity index (χ3n) is 2.95. The van der Waals surface area contributed by atoms with E-state index in [0.717, 1.165) is 33.9 Å². The van der Waals surface area contributed by atoms with Crippen LogP contribution >= 0.6 is 11.8 Å². The zero-order valence-electron chi connectivity index (χ0n) is 10.3. The Morgan fingerprint density at radius 2 is 2.22 bits per heavy atom. The Kier molecular flexibility index (Phi) is 3.19. The van der Waals surface area contributed by atoms with Crippen LogP contribution in [0.1, 0.15) is 13.3 Å². The van der Waals surface area contributed by atoms with E-state index in [9.17, 15) is 0 Å². The molecule has 3 nitrogen and oxygen atoms in total. The molecule has 2 heterocycles. The third-order valence-corrected chi connectivity index (χ3v) is 3.87. The minimum absolute atomic E-state index is 0.419. The van der Waals surface area contributed by atoms with E-state index in [1.165, 1.54) is 0 Å². The summed E-state index contributed by atoms with van der Waals surface area (Å²) in [5, 5.41) is 5.51. The summed E-state index contributed by atoms with van der Waals surface area (Å²) in [6.45, 7) is 2.15. The van der Waals surface area contributed by atoms with Gasteiger partial charge in [-0.2, -0.15) is 0 Å². The maximum Gasteiger partial charge on any atom is 0.161 e. The second-order valence-corrected chi connectivity index (χ2v) is 5.55. The van der Waals surface area contributed by atoms with Gasteiger partial charge in [-0.3, -0.25) is 9.98 Å². The number of rotatable bonds is 1. The lowest BCUT2D eigenvalue weighted by Crippen LogP contribution is -2.18. The summed E-state index contributed by atoms with van der Waals surface area (Å²) in [5.74, 6) is 1.13. The van der Waals surface area contributed by atoms with Gasteiger partial charge in [0.25, 0.3) is 0 Å². The molecule has 18 heavy (non-hydrogen) atoms. The average Bonchev–Trinajstić information content (AvgIpc) is 2.39. The number of amidine groups is 1. The molecule has 2 aromatic rings. The average molecular weight is 257 g/mol. The Hall–Kier alpha value is -1.55. The van der Waals surface area contributed by atoms with Crippen molar-refractivity contribution >= 4 is 33.5 Å². The molecule has 0 saturated heterocycles. The molecule has 1 aromatic carbocycles.